The van der Waals surface area contributed by atoms with E-state index in [0.29, 0.717) is 0 Å². The molecule has 1 aromatic carbocycles. The summed E-state index contributed by atoms with van der Waals surface area (Å²) in [7, 11) is 2.97. The fourth-order valence-corrected chi connectivity index (χ4v) is 1.52. The first-order valence-corrected chi connectivity index (χ1v) is 5.94. The Balaban J connectivity index is 3.05. The Morgan fingerprint density at radius 1 is 1.45 bits per heavy atom. The summed E-state index contributed by atoms with van der Waals surface area (Å²) >= 11 is 0. The second kappa shape index (κ2) is 7.26. The summed E-state index contributed by atoms with van der Waals surface area (Å²) in [6.45, 7) is 0.0225. The van der Waals surface area contributed by atoms with Gasteiger partial charge in [-0.15, -0.1) is 0 Å². The number of benzene rings is 1. The number of carbonyl (C=O) groups excluding carboxylic acids is 2. The number of carbonyl (C=O) groups is 2. The average Bonchev–Trinajstić information content (AvgIpc) is 2.44. The van der Waals surface area contributed by atoms with Crippen molar-refractivity contribution < 1.29 is 14.0 Å². The number of rotatable bonds is 3. The van der Waals surface area contributed by atoms with E-state index in [1.807, 2.05) is 0 Å². The molecule has 0 saturated heterocycles. The summed E-state index contributed by atoms with van der Waals surface area (Å²) in [5.41, 5.74) is 5.76. The quantitative estimate of drug-likeness (QED) is 0.761. The normalized spacial score (nSPS) is 9.40. The van der Waals surface area contributed by atoms with Crippen molar-refractivity contribution in [3.63, 3.8) is 0 Å². The van der Waals surface area contributed by atoms with Crippen molar-refractivity contribution in [1.29, 1.82) is 0 Å². The molecule has 1 aromatic rings. The standard InChI is InChI=1S/C14H16FN3O2/c1-17-13(19)9-18(2)14(20)12-6-5-11(15)8-10(12)4-3-7-16/h5-6,8H,7,9,16H2,1-2H3,(H,17,19). The fourth-order valence-electron chi connectivity index (χ4n) is 1.52. The van der Waals surface area contributed by atoms with E-state index < -0.39 is 11.7 Å². The molecule has 6 heteroatoms. The van der Waals surface area contributed by atoms with Gasteiger partial charge in [-0.05, 0) is 18.2 Å². The smallest absolute Gasteiger partial charge is 0.255 e. The van der Waals surface area contributed by atoms with Crippen molar-refractivity contribution in [1.82, 2.24) is 10.2 Å². The summed E-state index contributed by atoms with van der Waals surface area (Å²) in [5, 5.41) is 2.42. The molecule has 0 aliphatic heterocycles. The molecular formula is C14H16FN3O2. The maximum Gasteiger partial charge on any atom is 0.255 e. The van der Waals surface area contributed by atoms with E-state index >= 15 is 0 Å². The van der Waals surface area contributed by atoms with Gasteiger partial charge in [-0.1, -0.05) is 11.8 Å². The highest BCUT2D eigenvalue weighted by Gasteiger charge is 2.17. The van der Waals surface area contributed by atoms with E-state index in [4.69, 9.17) is 5.73 Å². The first kappa shape index (κ1) is 15.7. The molecule has 106 valence electrons. The molecule has 0 aliphatic carbocycles. The van der Waals surface area contributed by atoms with Crippen LogP contribution in [0.1, 0.15) is 15.9 Å². The summed E-state index contributed by atoms with van der Waals surface area (Å²) in [4.78, 5) is 24.7. The molecule has 1 rings (SSSR count). The van der Waals surface area contributed by atoms with Crippen molar-refractivity contribution >= 4 is 11.8 Å². The Kier molecular flexibility index (Phi) is 5.69. The van der Waals surface area contributed by atoms with Crippen LogP contribution in [0.4, 0.5) is 4.39 Å². The Hall–Kier alpha value is -2.39. The zero-order valence-electron chi connectivity index (χ0n) is 11.4. The van der Waals surface area contributed by atoms with Crippen LogP contribution in [0.25, 0.3) is 0 Å². The molecule has 0 unspecified atom stereocenters. The Morgan fingerprint density at radius 3 is 2.75 bits per heavy atom. The molecule has 0 atom stereocenters. The number of nitrogens with one attached hydrogen (secondary N) is 1. The van der Waals surface area contributed by atoms with Gasteiger partial charge >= 0.3 is 0 Å². The molecule has 5 nitrogen and oxygen atoms in total. The van der Waals surface area contributed by atoms with Gasteiger partial charge < -0.3 is 16.0 Å². The maximum absolute atomic E-state index is 13.2. The first-order valence-electron chi connectivity index (χ1n) is 5.94. The van der Waals surface area contributed by atoms with Gasteiger partial charge in [0.15, 0.2) is 0 Å². The Labute approximate surface area is 116 Å². The van der Waals surface area contributed by atoms with Crippen molar-refractivity contribution in [2.24, 2.45) is 5.73 Å². The van der Waals surface area contributed by atoms with Crippen LogP contribution in [0.5, 0.6) is 0 Å². The van der Waals surface area contributed by atoms with Crippen LogP contribution in [0.3, 0.4) is 0 Å². The lowest BCUT2D eigenvalue weighted by Crippen LogP contribution is -2.37. The van der Waals surface area contributed by atoms with Crippen molar-refractivity contribution in [2.45, 2.75) is 0 Å². The maximum atomic E-state index is 13.2. The van der Waals surface area contributed by atoms with Crippen LogP contribution in [-0.2, 0) is 4.79 Å². The average molecular weight is 277 g/mol. The van der Waals surface area contributed by atoms with Gasteiger partial charge in [-0.3, -0.25) is 9.59 Å². The van der Waals surface area contributed by atoms with Gasteiger partial charge in [0.25, 0.3) is 5.91 Å². The molecule has 0 aromatic heterocycles. The zero-order valence-corrected chi connectivity index (χ0v) is 11.4. The summed E-state index contributed by atoms with van der Waals surface area (Å²) in [6.07, 6.45) is 0. The predicted molar refractivity (Wildman–Crippen MR) is 73.4 cm³/mol. The predicted octanol–water partition coefficient (Wildman–Crippen LogP) is -0.0461. The minimum Gasteiger partial charge on any atom is -0.358 e. The van der Waals surface area contributed by atoms with Gasteiger partial charge in [-0.25, -0.2) is 4.39 Å². The minimum absolute atomic E-state index is 0.0868. The Bertz CT molecular complexity index is 576. The van der Waals surface area contributed by atoms with E-state index in [0.717, 1.165) is 0 Å². The molecule has 20 heavy (non-hydrogen) atoms. The highest BCUT2D eigenvalue weighted by molar-refractivity contribution is 5.98. The zero-order chi connectivity index (χ0) is 15.1. The minimum atomic E-state index is -0.489. The molecule has 0 radical (unpaired) electrons. The third-order valence-electron chi connectivity index (χ3n) is 2.54. The highest BCUT2D eigenvalue weighted by Crippen LogP contribution is 2.12. The molecule has 0 bridgehead atoms. The molecule has 0 heterocycles. The molecule has 0 spiro atoms. The van der Waals surface area contributed by atoms with Crippen LogP contribution in [-0.4, -0.2) is 43.9 Å². The van der Waals surface area contributed by atoms with E-state index in [2.05, 4.69) is 17.2 Å². The number of likely N-dealkylation sites (N-methyl/N-ethyl adjacent to an activating group) is 2. The van der Waals surface area contributed by atoms with E-state index in [9.17, 15) is 14.0 Å². The number of hydrogen-bond acceptors (Lipinski definition) is 3. The number of hydrogen-bond donors (Lipinski definition) is 2. The Morgan fingerprint density at radius 2 is 2.15 bits per heavy atom. The van der Waals surface area contributed by atoms with E-state index in [-0.39, 0.29) is 30.1 Å². The van der Waals surface area contributed by atoms with E-state index in [1.54, 1.807) is 0 Å². The first-order chi connectivity index (χ1) is 9.49. The van der Waals surface area contributed by atoms with E-state index in [1.165, 1.54) is 37.2 Å². The third-order valence-corrected chi connectivity index (χ3v) is 2.54. The second-order valence-electron chi connectivity index (χ2n) is 4.03. The number of nitrogens with two attached hydrogens (primary N) is 1. The topological polar surface area (TPSA) is 75.4 Å². The number of amides is 2. The van der Waals surface area contributed by atoms with Gasteiger partial charge in [0.05, 0.1) is 18.7 Å². The van der Waals surface area contributed by atoms with Crippen molar-refractivity contribution in [3.8, 4) is 11.8 Å². The highest BCUT2D eigenvalue weighted by atomic mass is 19.1. The summed E-state index contributed by atoms with van der Waals surface area (Å²) in [6, 6.07) is 3.69. The largest absolute Gasteiger partial charge is 0.358 e. The summed E-state index contributed by atoms with van der Waals surface area (Å²) < 4.78 is 13.2. The molecule has 0 saturated carbocycles. The van der Waals surface area contributed by atoms with Crippen LogP contribution < -0.4 is 11.1 Å². The third kappa shape index (κ3) is 4.07. The van der Waals surface area contributed by atoms with Crippen LogP contribution >= 0.6 is 0 Å². The SMILES string of the molecule is CNC(=O)CN(C)C(=O)c1ccc(F)cc1C#CCN. The van der Waals surface area contributed by atoms with Crippen LogP contribution in [0.2, 0.25) is 0 Å². The van der Waals surface area contributed by atoms with Crippen molar-refractivity contribution in [2.75, 3.05) is 27.2 Å². The lowest BCUT2D eigenvalue weighted by Gasteiger charge is -2.17. The molecule has 2 amide bonds. The van der Waals surface area contributed by atoms with Gasteiger partial charge in [0, 0.05) is 19.7 Å². The van der Waals surface area contributed by atoms with Gasteiger partial charge in [0.1, 0.15) is 5.82 Å². The molecule has 0 fully saturated rings. The van der Waals surface area contributed by atoms with Crippen LogP contribution in [0.15, 0.2) is 18.2 Å². The van der Waals surface area contributed by atoms with Gasteiger partial charge in [0.2, 0.25) is 5.91 Å². The lowest BCUT2D eigenvalue weighted by molar-refractivity contribution is -0.121. The van der Waals surface area contributed by atoms with Gasteiger partial charge in [-0.2, -0.15) is 0 Å². The second-order valence-corrected chi connectivity index (χ2v) is 4.03. The lowest BCUT2D eigenvalue weighted by atomic mass is 10.1. The number of halogens is 1. The fraction of sp³-hybridized carbons (Fsp3) is 0.286. The summed E-state index contributed by atoms with van der Waals surface area (Å²) in [5.74, 6) is 4.04. The van der Waals surface area contributed by atoms with Crippen LogP contribution in [0, 0.1) is 17.7 Å². The molecule has 3 N–H and O–H groups in total. The number of nitrogens with zero attached hydrogens (tertiary/aromatic N) is 1. The molecular weight excluding hydrogens is 261 g/mol. The monoisotopic (exact) mass is 277 g/mol. The molecule has 0 aliphatic rings. The van der Waals surface area contributed by atoms with Crippen molar-refractivity contribution in [3.05, 3.63) is 35.1 Å².